The molecule has 2 aliphatic rings. The van der Waals surface area contributed by atoms with E-state index in [1.165, 1.54) is 0 Å². The summed E-state index contributed by atoms with van der Waals surface area (Å²) in [4.78, 5) is 24.0. The van der Waals surface area contributed by atoms with Crippen molar-refractivity contribution in [3.63, 3.8) is 0 Å². The van der Waals surface area contributed by atoms with Crippen molar-refractivity contribution < 1.29 is 74.1 Å². The summed E-state index contributed by atoms with van der Waals surface area (Å²) in [7, 11) is 0. The largest absolute Gasteiger partial charge is 0.417 e. The Balaban J connectivity index is 2.72. The molecule has 2 saturated heterocycles. The van der Waals surface area contributed by atoms with E-state index >= 15 is 0 Å². The van der Waals surface area contributed by atoms with E-state index < -0.39 is 85.9 Å². The predicted molar refractivity (Wildman–Crippen MR) is 99.1 cm³/mol. The number of esters is 2. The summed E-state index contributed by atoms with van der Waals surface area (Å²) >= 11 is 0. The molecule has 0 aromatic carbocycles. The van der Waals surface area contributed by atoms with Crippen molar-refractivity contribution in [2.75, 3.05) is 19.8 Å². The van der Waals surface area contributed by atoms with Crippen LogP contribution in [0.3, 0.4) is 0 Å². The summed E-state index contributed by atoms with van der Waals surface area (Å²) in [6.07, 6.45) is -11.3. The smallest absolute Gasteiger partial charge is 0.405 e. The van der Waals surface area contributed by atoms with Gasteiger partial charge in [-0.15, -0.1) is 0 Å². The van der Waals surface area contributed by atoms with Crippen LogP contribution in [0.15, 0.2) is 25.3 Å². The number of hydrogen-bond donors (Lipinski definition) is 8. The van der Waals surface area contributed by atoms with Crippen LogP contribution in [0.1, 0.15) is 0 Å². The zero-order valence-electron chi connectivity index (χ0n) is 17.1. The minimum absolute atomic E-state index is 0.504. The van der Waals surface area contributed by atoms with Crippen LogP contribution in [0, 0.1) is 0 Å². The van der Waals surface area contributed by atoms with Crippen molar-refractivity contribution in [1.82, 2.24) is 0 Å². The van der Waals surface area contributed by atoms with E-state index in [-0.39, 0.29) is 0 Å². The lowest BCUT2D eigenvalue weighted by molar-refractivity contribution is -0.553. The molecule has 2 heterocycles. The standard InChI is InChI=1S/C18H26O15/c1-3-10(22)31-17(28)15(27)13(25)9(6-20)30-18(17,32-11(23)4-2)33-16(7-21)14(26)12(24)8(5-19)29-16/h3-4,8-9,12-15,19-21,24-28H,1-2,5-7H2/t8-,9-,12-,13-,14+,15+,16?,17+,18+/m1/s1. The molecule has 2 aliphatic heterocycles. The van der Waals surface area contributed by atoms with E-state index in [1.54, 1.807) is 0 Å². The first-order chi connectivity index (χ1) is 15.4. The van der Waals surface area contributed by atoms with E-state index in [1.807, 2.05) is 0 Å². The average molecular weight is 482 g/mol. The van der Waals surface area contributed by atoms with E-state index in [4.69, 9.17) is 23.7 Å². The van der Waals surface area contributed by atoms with Crippen LogP contribution in [0.5, 0.6) is 0 Å². The van der Waals surface area contributed by atoms with Gasteiger partial charge in [0.2, 0.25) is 5.79 Å². The Morgan fingerprint density at radius 2 is 1.33 bits per heavy atom. The topological polar surface area (TPSA) is 242 Å². The van der Waals surface area contributed by atoms with Gasteiger partial charge in [0.1, 0.15) is 37.1 Å². The second-order valence-corrected chi connectivity index (χ2v) is 7.12. The zero-order chi connectivity index (χ0) is 25.2. The van der Waals surface area contributed by atoms with Gasteiger partial charge in [0.25, 0.3) is 0 Å². The zero-order valence-corrected chi connectivity index (χ0v) is 17.1. The van der Waals surface area contributed by atoms with Crippen molar-refractivity contribution >= 4 is 11.9 Å². The van der Waals surface area contributed by atoms with Crippen LogP contribution in [-0.4, -0.2) is 127 Å². The molecule has 0 aromatic heterocycles. The summed E-state index contributed by atoms with van der Waals surface area (Å²) in [6.45, 7) is 2.87. The van der Waals surface area contributed by atoms with Crippen LogP contribution in [-0.2, 0) is 33.3 Å². The molecule has 1 unspecified atom stereocenters. The number of ether oxygens (including phenoxy) is 5. The predicted octanol–water partition coefficient (Wildman–Crippen LogP) is -5.28. The van der Waals surface area contributed by atoms with Gasteiger partial charge in [-0.2, -0.15) is 0 Å². The molecule has 188 valence electrons. The van der Waals surface area contributed by atoms with E-state index in [2.05, 4.69) is 13.2 Å². The van der Waals surface area contributed by atoms with Crippen molar-refractivity contribution in [3.05, 3.63) is 25.3 Å². The van der Waals surface area contributed by atoms with Crippen molar-refractivity contribution in [2.24, 2.45) is 0 Å². The molecule has 8 N–H and O–H groups in total. The molecule has 9 atom stereocenters. The van der Waals surface area contributed by atoms with Gasteiger partial charge in [-0.05, 0) is 0 Å². The molecular formula is C18H26O15. The monoisotopic (exact) mass is 482 g/mol. The second kappa shape index (κ2) is 10.1. The molecule has 2 rings (SSSR count). The first-order valence-corrected chi connectivity index (χ1v) is 9.44. The fourth-order valence-corrected chi connectivity index (χ4v) is 3.30. The highest BCUT2D eigenvalue weighted by Gasteiger charge is 2.75. The molecule has 33 heavy (non-hydrogen) atoms. The molecule has 0 spiro atoms. The highest BCUT2D eigenvalue weighted by atomic mass is 17.0. The Morgan fingerprint density at radius 1 is 0.848 bits per heavy atom. The summed E-state index contributed by atoms with van der Waals surface area (Å²) in [5.74, 6) is -13.0. The molecule has 0 saturated carbocycles. The SMILES string of the molecule is C=CC(=O)O[C@@]1(OC2(CO)O[C@H](CO)[C@@H](O)[C@@H]2O)O[C@H](CO)[C@@H](O)[C@H](O)[C@]1(O)OC(=O)C=C. The van der Waals surface area contributed by atoms with Gasteiger partial charge < -0.3 is 59.8 Å². The molecule has 15 heteroatoms. The minimum Gasteiger partial charge on any atom is -0.417 e. The summed E-state index contributed by atoms with van der Waals surface area (Å²) in [5.41, 5.74) is 0. The Morgan fingerprint density at radius 3 is 1.79 bits per heavy atom. The molecule has 0 amide bonds. The van der Waals surface area contributed by atoms with Crippen LogP contribution in [0.25, 0.3) is 0 Å². The number of hydrogen-bond acceptors (Lipinski definition) is 15. The van der Waals surface area contributed by atoms with Gasteiger partial charge >= 0.3 is 23.7 Å². The van der Waals surface area contributed by atoms with Crippen molar-refractivity contribution in [3.8, 4) is 0 Å². The van der Waals surface area contributed by atoms with Crippen LogP contribution < -0.4 is 0 Å². The molecule has 2 fully saturated rings. The number of aliphatic hydroxyl groups is 8. The summed E-state index contributed by atoms with van der Waals surface area (Å²) < 4.78 is 25.3. The highest BCUT2D eigenvalue weighted by Crippen LogP contribution is 2.46. The first-order valence-electron chi connectivity index (χ1n) is 9.44. The lowest BCUT2D eigenvalue weighted by Crippen LogP contribution is -2.78. The fourth-order valence-electron chi connectivity index (χ4n) is 3.30. The van der Waals surface area contributed by atoms with Gasteiger partial charge in [-0.25, -0.2) is 9.59 Å². The molecule has 0 bridgehead atoms. The van der Waals surface area contributed by atoms with Crippen molar-refractivity contribution in [2.45, 2.75) is 54.2 Å². The third-order valence-corrected chi connectivity index (χ3v) is 5.07. The normalized spacial score (nSPS) is 43.0. The summed E-state index contributed by atoms with van der Waals surface area (Å²) in [6, 6.07) is 0. The molecular weight excluding hydrogens is 456 g/mol. The Bertz CT molecular complexity index is 759. The van der Waals surface area contributed by atoms with Crippen LogP contribution >= 0.6 is 0 Å². The van der Waals surface area contributed by atoms with Gasteiger partial charge in [-0.1, -0.05) is 13.2 Å². The Kier molecular flexibility index (Phi) is 8.32. The molecule has 0 aliphatic carbocycles. The number of carbonyl (C=O) groups is 2. The number of carbonyl (C=O) groups excluding carboxylic acids is 2. The molecule has 15 nitrogen and oxygen atoms in total. The lowest BCUT2D eigenvalue weighted by atomic mass is 9.93. The van der Waals surface area contributed by atoms with Crippen LogP contribution in [0.2, 0.25) is 0 Å². The van der Waals surface area contributed by atoms with Gasteiger partial charge in [-0.3, -0.25) is 4.74 Å². The van der Waals surface area contributed by atoms with Gasteiger partial charge in [0.15, 0.2) is 6.10 Å². The van der Waals surface area contributed by atoms with Crippen molar-refractivity contribution in [1.29, 1.82) is 0 Å². The maximum atomic E-state index is 12.1. The maximum absolute atomic E-state index is 12.1. The average Bonchev–Trinajstić information content (AvgIpc) is 3.04. The van der Waals surface area contributed by atoms with Gasteiger partial charge in [0, 0.05) is 12.2 Å². The fraction of sp³-hybridized carbons (Fsp3) is 0.667. The minimum atomic E-state index is -3.66. The van der Waals surface area contributed by atoms with E-state index in [0.29, 0.717) is 12.2 Å². The molecule has 0 radical (unpaired) electrons. The maximum Gasteiger partial charge on any atom is 0.405 e. The second-order valence-electron chi connectivity index (χ2n) is 7.12. The lowest BCUT2D eigenvalue weighted by Gasteiger charge is -2.53. The Labute approximate surface area is 186 Å². The quantitative estimate of drug-likeness (QED) is 0.0869. The van der Waals surface area contributed by atoms with Gasteiger partial charge in [0.05, 0.1) is 13.2 Å². The first kappa shape index (κ1) is 27.2. The highest BCUT2D eigenvalue weighted by molar-refractivity contribution is 5.82. The van der Waals surface area contributed by atoms with Crippen LogP contribution in [0.4, 0.5) is 0 Å². The third-order valence-electron chi connectivity index (χ3n) is 5.07. The Hall–Kier alpha value is -2.02. The molecule has 0 aromatic rings. The number of rotatable bonds is 9. The third kappa shape index (κ3) is 4.53. The van der Waals surface area contributed by atoms with E-state index in [0.717, 1.165) is 0 Å². The van der Waals surface area contributed by atoms with E-state index in [9.17, 15) is 50.4 Å². The summed E-state index contributed by atoms with van der Waals surface area (Å²) in [5, 5.41) is 81.2. The number of aliphatic hydroxyl groups excluding tert-OH is 7.